The molecule has 3 unspecified atom stereocenters. The maximum absolute atomic E-state index is 2.85. The van der Waals surface area contributed by atoms with Crippen LogP contribution in [-0.2, 0) is 27.2 Å². The summed E-state index contributed by atoms with van der Waals surface area (Å²) in [6, 6.07) is 16.8. The van der Waals surface area contributed by atoms with Gasteiger partial charge in [-0.25, -0.2) is 4.57 Å². The van der Waals surface area contributed by atoms with Crippen molar-refractivity contribution in [3.8, 4) is 11.1 Å². The van der Waals surface area contributed by atoms with Crippen LogP contribution in [0.5, 0.6) is 0 Å². The summed E-state index contributed by atoms with van der Waals surface area (Å²) in [6.45, 7) is 37.6. The zero-order chi connectivity index (χ0) is 34.2. The first kappa shape index (κ1) is 31.2. The second kappa shape index (κ2) is 8.53. The van der Waals surface area contributed by atoms with Crippen LogP contribution in [0.1, 0.15) is 136 Å². The number of aryl methyl sites for hydroxylation is 2. The first-order valence-corrected chi connectivity index (χ1v) is 18.4. The molecule has 3 atom stereocenters. The van der Waals surface area contributed by atoms with E-state index in [1.807, 2.05) is 0 Å². The molecule has 0 radical (unpaired) electrons. The third-order valence-corrected chi connectivity index (χ3v) is 16.9. The molecule has 3 aromatic carbocycles. The molecule has 0 fully saturated rings. The quantitative estimate of drug-likeness (QED) is 0.176. The lowest BCUT2D eigenvalue weighted by molar-refractivity contribution is -0.481. The summed E-state index contributed by atoms with van der Waals surface area (Å²) < 4.78 is 5.50. The van der Waals surface area contributed by atoms with Crippen molar-refractivity contribution in [1.29, 1.82) is 0 Å². The van der Waals surface area contributed by atoms with Crippen LogP contribution in [0.2, 0.25) is 0 Å². The average molecular weight is 626 g/mol. The minimum Gasteiger partial charge on any atom is -0.216 e. The van der Waals surface area contributed by atoms with Gasteiger partial charge in [0.2, 0.25) is 0 Å². The number of aromatic nitrogens is 2. The minimum atomic E-state index is -0.100. The molecule has 2 aromatic heterocycles. The van der Waals surface area contributed by atoms with E-state index in [9.17, 15) is 0 Å². The molecule has 3 aliphatic rings. The maximum atomic E-state index is 2.85. The van der Waals surface area contributed by atoms with Crippen LogP contribution in [0.4, 0.5) is 0 Å². The van der Waals surface area contributed by atoms with Gasteiger partial charge >= 0.3 is 0 Å². The van der Waals surface area contributed by atoms with Crippen LogP contribution in [0, 0.1) is 24.7 Å². The number of hydrogen-bond acceptors (Lipinski definition) is 0. The highest BCUT2D eigenvalue weighted by Crippen LogP contribution is 2.76. The number of imidazole rings is 1. The molecule has 1 aliphatic heterocycles. The minimum absolute atomic E-state index is 0.0200. The molecule has 0 bridgehead atoms. The van der Waals surface area contributed by atoms with E-state index in [1.54, 1.807) is 16.7 Å². The van der Waals surface area contributed by atoms with E-state index in [0.29, 0.717) is 0 Å². The number of benzene rings is 3. The van der Waals surface area contributed by atoms with Crippen molar-refractivity contribution in [3.63, 3.8) is 0 Å². The van der Waals surface area contributed by atoms with Gasteiger partial charge in [-0.3, -0.25) is 0 Å². The normalized spacial score (nSPS) is 29.0. The van der Waals surface area contributed by atoms with Gasteiger partial charge in [-0.15, -0.1) is 0 Å². The van der Waals surface area contributed by atoms with Gasteiger partial charge in [0.1, 0.15) is 5.54 Å². The molecular formula is C45H57N2+. The summed E-state index contributed by atoms with van der Waals surface area (Å²) in [4.78, 5) is 0. The molecular weight excluding hydrogens is 569 g/mol. The molecule has 0 saturated carbocycles. The molecule has 0 saturated heterocycles. The molecule has 0 spiro atoms. The fourth-order valence-corrected chi connectivity index (χ4v) is 12.0. The van der Waals surface area contributed by atoms with Crippen molar-refractivity contribution in [2.45, 2.75) is 144 Å². The first-order chi connectivity index (χ1) is 21.7. The molecule has 0 amide bonds. The highest BCUT2D eigenvalue weighted by Gasteiger charge is 2.73. The Morgan fingerprint density at radius 2 is 1.30 bits per heavy atom. The van der Waals surface area contributed by atoms with Crippen LogP contribution in [0.25, 0.3) is 38.6 Å². The Bertz CT molecular complexity index is 2220. The number of nitrogens with zero attached hydrogens (tertiary/aromatic N) is 2. The van der Waals surface area contributed by atoms with Crippen molar-refractivity contribution in [1.82, 2.24) is 4.57 Å². The fourth-order valence-electron chi connectivity index (χ4n) is 12.0. The fraction of sp³-hybridized carbons (Fsp3) is 0.533. The Hall–Kier alpha value is -3.13. The van der Waals surface area contributed by atoms with Crippen LogP contribution >= 0.6 is 0 Å². The Labute approximate surface area is 283 Å². The Morgan fingerprint density at radius 3 is 1.89 bits per heavy atom. The van der Waals surface area contributed by atoms with Crippen LogP contribution in [0.15, 0.2) is 48.7 Å². The number of pyridine rings is 1. The summed E-state index contributed by atoms with van der Waals surface area (Å²) in [5.41, 5.74) is 16.1. The summed E-state index contributed by atoms with van der Waals surface area (Å²) in [5.74, 6) is 0. The van der Waals surface area contributed by atoms with Gasteiger partial charge < -0.3 is 0 Å². The van der Waals surface area contributed by atoms with E-state index in [-0.39, 0.29) is 38.0 Å². The average Bonchev–Trinajstić information content (AvgIpc) is 3.46. The van der Waals surface area contributed by atoms with Gasteiger partial charge in [0, 0.05) is 27.2 Å². The molecule has 47 heavy (non-hydrogen) atoms. The van der Waals surface area contributed by atoms with Gasteiger partial charge in [-0.2, -0.15) is 4.40 Å². The van der Waals surface area contributed by atoms with E-state index < -0.39 is 0 Å². The van der Waals surface area contributed by atoms with Crippen molar-refractivity contribution >= 4 is 27.5 Å². The first-order valence-electron chi connectivity index (χ1n) is 18.4. The van der Waals surface area contributed by atoms with E-state index >= 15 is 0 Å². The molecule has 2 aliphatic carbocycles. The van der Waals surface area contributed by atoms with Crippen LogP contribution < -0.4 is 4.40 Å². The van der Waals surface area contributed by atoms with Crippen LogP contribution in [-0.4, -0.2) is 4.57 Å². The van der Waals surface area contributed by atoms with E-state index in [2.05, 4.69) is 161 Å². The number of hydrogen-bond donors (Lipinski definition) is 0. The molecule has 3 heterocycles. The van der Waals surface area contributed by atoms with Crippen LogP contribution in [0.3, 0.4) is 0 Å². The lowest BCUT2D eigenvalue weighted by atomic mass is 9.47. The SMILES string of the molecule is CCC1(C)c2ccc(-c3c(C)cccc3C)c3cc[n+]4c5c6c7c(cc5n(c4c23)C1(C)CC)C(C)(C)C(C)(C)C7(C)C(C)(C)C6(C)C. The molecule has 246 valence electrons. The zero-order valence-electron chi connectivity index (χ0n) is 31.9. The lowest BCUT2D eigenvalue weighted by Gasteiger charge is -2.56. The van der Waals surface area contributed by atoms with E-state index in [0.717, 1.165) is 12.8 Å². The highest BCUT2D eigenvalue weighted by molar-refractivity contribution is 6.08. The van der Waals surface area contributed by atoms with E-state index in [1.165, 1.54) is 55.3 Å². The molecule has 2 nitrogen and oxygen atoms in total. The van der Waals surface area contributed by atoms with Crippen molar-refractivity contribution < 1.29 is 4.40 Å². The Balaban J connectivity index is 1.68. The van der Waals surface area contributed by atoms with Crippen molar-refractivity contribution in [2.24, 2.45) is 10.8 Å². The van der Waals surface area contributed by atoms with Crippen molar-refractivity contribution in [3.05, 3.63) is 82.0 Å². The van der Waals surface area contributed by atoms with Gasteiger partial charge in [-0.05, 0) is 101 Å². The zero-order valence-corrected chi connectivity index (χ0v) is 31.9. The van der Waals surface area contributed by atoms with Gasteiger partial charge in [0.15, 0.2) is 11.0 Å². The van der Waals surface area contributed by atoms with Gasteiger partial charge in [0.05, 0.1) is 11.6 Å². The highest BCUT2D eigenvalue weighted by atomic mass is 15.2. The Kier molecular flexibility index (Phi) is 5.65. The third-order valence-electron chi connectivity index (χ3n) is 16.9. The Morgan fingerprint density at radius 1 is 0.681 bits per heavy atom. The lowest BCUT2D eigenvalue weighted by Crippen LogP contribution is -2.55. The number of fused-ring (bicyclic) bond motifs is 4. The summed E-state index contributed by atoms with van der Waals surface area (Å²) in [5, 5.41) is 2.83. The summed E-state index contributed by atoms with van der Waals surface area (Å²) in [7, 11) is 0. The summed E-state index contributed by atoms with van der Waals surface area (Å²) in [6.07, 6.45) is 4.59. The standard InChI is InChI=1S/C45H57N2/c1-16-43(13)30-22-21-28(33-26(3)19-18-20-27(33)4)29-23-24-46-37-32(47(38(46)34(29)30)44(43,14)17-2)25-31-35-36(37)40(7,8)42(11,12)45(35,15)41(9,10)39(31,5)6/h18-25H,16-17H2,1-15H3/q+1. The monoisotopic (exact) mass is 625 g/mol. The maximum Gasteiger partial charge on any atom is 0.295 e. The third kappa shape index (κ3) is 2.87. The largest absolute Gasteiger partial charge is 0.295 e. The van der Waals surface area contributed by atoms with Gasteiger partial charge in [-0.1, -0.05) is 113 Å². The predicted octanol–water partition coefficient (Wildman–Crippen LogP) is 11.5. The van der Waals surface area contributed by atoms with Crippen molar-refractivity contribution in [2.75, 3.05) is 0 Å². The molecule has 5 aromatic rings. The summed E-state index contributed by atoms with van der Waals surface area (Å²) >= 11 is 0. The van der Waals surface area contributed by atoms with Gasteiger partial charge in [0.25, 0.3) is 5.65 Å². The second-order valence-corrected chi connectivity index (χ2v) is 18.5. The number of rotatable bonds is 3. The topological polar surface area (TPSA) is 9.03 Å². The second-order valence-electron chi connectivity index (χ2n) is 18.5. The molecule has 0 N–H and O–H groups in total. The molecule has 8 rings (SSSR count). The predicted molar refractivity (Wildman–Crippen MR) is 200 cm³/mol. The molecule has 2 heteroatoms. The smallest absolute Gasteiger partial charge is 0.216 e. The van der Waals surface area contributed by atoms with E-state index in [4.69, 9.17) is 0 Å².